The first kappa shape index (κ1) is 9.64. The molecule has 70 valence electrons. The standard InChI is InChI=1S/C8H14O4/c1-8(11-3)4-6(5-9)7(10-2)12-8/h5-7H,4H2,1-3H3. The van der Waals surface area contributed by atoms with Gasteiger partial charge in [0.05, 0.1) is 5.92 Å². The molecule has 3 unspecified atom stereocenters. The molecule has 0 radical (unpaired) electrons. The molecule has 0 bridgehead atoms. The van der Waals surface area contributed by atoms with E-state index in [1.165, 1.54) is 7.11 Å². The van der Waals surface area contributed by atoms with Gasteiger partial charge in [-0.3, -0.25) is 0 Å². The zero-order valence-corrected chi connectivity index (χ0v) is 7.57. The molecule has 4 nitrogen and oxygen atoms in total. The summed E-state index contributed by atoms with van der Waals surface area (Å²) in [5.41, 5.74) is 0. The number of methoxy groups -OCH3 is 2. The van der Waals surface area contributed by atoms with Gasteiger partial charge in [0.15, 0.2) is 12.1 Å². The first-order valence-corrected chi connectivity index (χ1v) is 3.86. The molecule has 0 aromatic heterocycles. The Morgan fingerprint density at radius 3 is 2.58 bits per heavy atom. The number of rotatable bonds is 3. The van der Waals surface area contributed by atoms with Gasteiger partial charge < -0.3 is 19.0 Å². The van der Waals surface area contributed by atoms with Crippen LogP contribution in [-0.2, 0) is 19.0 Å². The Balaban J connectivity index is 2.64. The summed E-state index contributed by atoms with van der Waals surface area (Å²) < 4.78 is 15.5. The maximum absolute atomic E-state index is 10.6. The largest absolute Gasteiger partial charge is 0.355 e. The molecule has 4 heteroatoms. The monoisotopic (exact) mass is 174 g/mol. The zero-order chi connectivity index (χ0) is 9.19. The maximum atomic E-state index is 10.6. The van der Waals surface area contributed by atoms with Crippen LogP contribution in [0.1, 0.15) is 13.3 Å². The highest BCUT2D eigenvalue weighted by atomic mass is 16.8. The Kier molecular flexibility index (Phi) is 2.82. The molecule has 1 fully saturated rings. The first-order valence-electron chi connectivity index (χ1n) is 3.86. The Hall–Kier alpha value is -0.450. The van der Waals surface area contributed by atoms with E-state index in [1.54, 1.807) is 14.0 Å². The normalized spacial score (nSPS) is 41.6. The number of carbonyl (C=O) groups excluding carboxylic acids is 1. The lowest BCUT2D eigenvalue weighted by Crippen LogP contribution is -2.27. The fourth-order valence-electron chi connectivity index (χ4n) is 1.37. The second kappa shape index (κ2) is 3.51. The van der Waals surface area contributed by atoms with Crippen LogP contribution in [0.15, 0.2) is 0 Å². The summed E-state index contributed by atoms with van der Waals surface area (Å²) in [4.78, 5) is 10.6. The lowest BCUT2D eigenvalue weighted by Gasteiger charge is -2.21. The predicted octanol–water partition coefficient (Wildman–Crippen LogP) is 0.557. The van der Waals surface area contributed by atoms with E-state index in [1.807, 2.05) is 0 Å². The molecule has 0 aromatic carbocycles. The fraction of sp³-hybridized carbons (Fsp3) is 0.875. The number of aldehydes is 1. The van der Waals surface area contributed by atoms with E-state index in [2.05, 4.69) is 0 Å². The van der Waals surface area contributed by atoms with E-state index in [9.17, 15) is 4.79 Å². The molecular formula is C8H14O4. The van der Waals surface area contributed by atoms with Crippen LogP contribution in [0.4, 0.5) is 0 Å². The van der Waals surface area contributed by atoms with Gasteiger partial charge in [-0.1, -0.05) is 0 Å². The molecule has 0 saturated carbocycles. The van der Waals surface area contributed by atoms with Crippen molar-refractivity contribution in [2.45, 2.75) is 25.4 Å². The summed E-state index contributed by atoms with van der Waals surface area (Å²) >= 11 is 0. The molecule has 1 heterocycles. The number of carbonyl (C=O) groups is 1. The third kappa shape index (κ3) is 1.65. The second-order valence-electron chi connectivity index (χ2n) is 3.06. The van der Waals surface area contributed by atoms with Gasteiger partial charge >= 0.3 is 0 Å². The Morgan fingerprint density at radius 1 is 1.58 bits per heavy atom. The molecular weight excluding hydrogens is 160 g/mol. The average Bonchev–Trinajstić information content (AvgIpc) is 2.43. The number of hydrogen-bond acceptors (Lipinski definition) is 4. The van der Waals surface area contributed by atoms with Crippen LogP contribution >= 0.6 is 0 Å². The molecule has 12 heavy (non-hydrogen) atoms. The summed E-state index contributed by atoms with van der Waals surface area (Å²) in [6.45, 7) is 1.79. The van der Waals surface area contributed by atoms with E-state index < -0.39 is 12.1 Å². The molecule has 0 amide bonds. The van der Waals surface area contributed by atoms with Crippen LogP contribution in [0, 0.1) is 5.92 Å². The minimum absolute atomic E-state index is 0.222. The zero-order valence-electron chi connectivity index (χ0n) is 7.57. The third-order valence-corrected chi connectivity index (χ3v) is 2.16. The van der Waals surface area contributed by atoms with Gasteiger partial charge in [0.1, 0.15) is 6.29 Å². The van der Waals surface area contributed by atoms with Gasteiger partial charge in [-0.05, 0) is 6.92 Å². The van der Waals surface area contributed by atoms with Crippen LogP contribution < -0.4 is 0 Å². The number of ether oxygens (including phenoxy) is 3. The average molecular weight is 174 g/mol. The van der Waals surface area contributed by atoms with E-state index >= 15 is 0 Å². The van der Waals surface area contributed by atoms with Gasteiger partial charge in [-0.2, -0.15) is 0 Å². The quantitative estimate of drug-likeness (QED) is 0.586. The van der Waals surface area contributed by atoms with Crippen molar-refractivity contribution < 1.29 is 19.0 Å². The SMILES string of the molecule is COC1OC(C)(OC)CC1C=O. The van der Waals surface area contributed by atoms with Gasteiger partial charge in [0, 0.05) is 20.6 Å². The van der Waals surface area contributed by atoms with Crippen LogP contribution in [-0.4, -0.2) is 32.6 Å². The van der Waals surface area contributed by atoms with Crippen molar-refractivity contribution in [2.75, 3.05) is 14.2 Å². The van der Waals surface area contributed by atoms with Crippen LogP contribution in [0.25, 0.3) is 0 Å². The lowest BCUT2D eigenvalue weighted by atomic mass is 10.1. The van der Waals surface area contributed by atoms with Crippen molar-refractivity contribution in [3.05, 3.63) is 0 Å². The Bertz CT molecular complexity index is 170. The van der Waals surface area contributed by atoms with Crippen molar-refractivity contribution in [2.24, 2.45) is 5.92 Å². The highest BCUT2D eigenvalue weighted by Crippen LogP contribution is 2.34. The van der Waals surface area contributed by atoms with E-state index in [4.69, 9.17) is 14.2 Å². The summed E-state index contributed by atoms with van der Waals surface area (Å²) in [7, 11) is 3.07. The van der Waals surface area contributed by atoms with Crippen LogP contribution in [0.2, 0.25) is 0 Å². The summed E-state index contributed by atoms with van der Waals surface area (Å²) in [6.07, 6.45) is 0.927. The topological polar surface area (TPSA) is 44.8 Å². The van der Waals surface area contributed by atoms with Crippen molar-refractivity contribution in [1.29, 1.82) is 0 Å². The lowest BCUT2D eigenvalue weighted by molar-refractivity contribution is -0.248. The first-order chi connectivity index (χ1) is 5.65. The smallest absolute Gasteiger partial charge is 0.170 e. The minimum Gasteiger partial charge on any atom is -0.355 e. The summed E-state index contributed by atoms with van der Waals surface area (Å²) in [5, 5.41) is 0. The van der Waals surface area contributed by atoms with Crippen molar-refractivity contribution in [3.63, 3.8) is 0 Å². The molecule has 0 aromatic rings. The molecule has 1 saturated heterocycles. The summed E-state index contributed by atoms with van der Waals surface area (Å²) in [6, 6.07) is 0. The van der Waals surface area contributed by atoms with Gasteiger partial charge in [0.25, 0.3) is 0 Å². The highest BCUT2D eigenvalue weighted by molar-refractivity contribution is 5.54. The maximum Gasteiger partial charge on any atom is 0.170 e. The van der Waals surface area contributed by atoms with Gasteiger partial charge in [0.2, 0.25) is 0 Å². The van der Waals surface area contributed by atoms with E-state index in [0.29, 0.717) is 6.42 Å². The molecule has 1 aliphatic heterocycles. The van der Waals surface area contributed by atoms with Gasteiger partial charge in [-0.15, -0.1) is 0 Å². The molecule has 0 spiro atoms. The highest BCUT2D eigenvalue weighted by Gasteiger charge is 2.43. The minimum atomic E-state index is -0.674. The van der Waals surface area contributed by atoms with Crippen LogP contribution in [0.3, 0.4) is 0 Å². The Labute approximate surface area is 71.8 Å². The van der Waals surface area contributed by atoms with Crippen molar-refractivity contribution in [3.8, 4) is 0 Å². The van der Waals surface area contributed by atoms with Crippen LogP contribution in [0.5, 0.6) is 0 Å². The third-order valence-electron chi connectivity index (χ3n) is 2.16. The molecule has 1 aliphatic rings. The second-order valence-corrected chi connectivity index (χ2v) is 3.06. The Morgan fingerprint density at radius 2 is 2.25 bits per heavy atom. The molecule has 3 atom stereocenters. The van der Waals surface area contributed by atoms with E-state index in [-0.39, 0.29) is 5.92 Å². The number of hydrogen-bond donors (Lipinski definition) is 0. The molecule has 1 rings (SSSR count). The summed E-state index contributed by atoms with van der Waals surface area (Å²) in [5.74, 6) is -0.897. The van der Waals surface area contributed by atoms with Crippen molar-refractivity contribution >= 4 is 6.29 Å². The molecule has 0 N–H and O–H groups in total. The fourth-order valence-corrected chi connectivity index (χ4v) is 1.37. The van der Waals surface area contributed by atoms with E-state index in [0.717, 1.165) is 6.29 Å². The molecule has 0 aliphatic carbocycles. The predicted molar refractivity (Wildman–Crippen MR) is 41.5 cm³/mol. The van der Waals surface area contributed by atoms with Crippen molar-refractivity contribution in [1.82, 2.24) is 0 Å². The van der Waals surface area contributed by atoms with Gasteiger partial charge in [-0.25, -0.2) is 0 Å².